The molecule has 0 amide bonds. The Hall–Kier alpha value is -2.83. The van der Waals surface area contributed by atoms with E-state index in [9.17, 15) is 4.79 Å². The van der Waals surface area contributed by atoms with Crippen LogP contribution in [-0.2, 0) is 6.54 Å². The Balaban J connectivity index is 2.16. The summed E-state index contributed by atoms with van der Waals surface area (Å²) in [6, 6.07) is 5.36. The summed E-state index contributed by atoms with van der Waals surface area (Å²) in [6.45, 7) is 2.54. The summed E-state index contributed by atoms with van der Waals surface area (Å²) in [5.41, 5.74) is 1.57. The van der Waals surface area contributed by atoms with Crippen molar-refractivity contribution in [2.75, 3.05) is 14.2 Å². The number of aromatic amines is 1. The molecule has 0 atom stereocenters. The van der Waals surface area contributed by atoms with E-state index in [0.29, 0.717) is 34.9 Å². The van der Waals surface area contributed by atoms with Gasteiger partial charge in [-0.15, -0.1) is 0 Å². The molecule has 0 bridgehead atoms. The molecule has 22 heavy (non-hydrogen) atoms. The summed E-state index contributed by atoms with van der Waals surface area (Å²) in [6.07, 6.45) is 1.60. The van der Waals surface area contributed by atoms with Gasteiger partial charge in [-0.25, -0.2) is 4.98 Å². The number of hydrogen-bond donors (Lipinski definition) is 1. The van der Waals surface area contributed by atoms with E-state index in [1.165, 1.54) is 0 Å². The second kappa shape index (κ2) is 5.51. The first kappa shape index (κ1) is 14.1. The van der Waals surface area contributed by atoms with Crippen LogP contribution in [0.2, 0.25) is 0 Å². The summed E-state index contributed by atoms with van der Waals surface area (Å²) in [5, 5.41) is 4.16. The highest BCUT2D eigenvalue weighted by Crippen LogP contribution is 2.30. The Morgan fingerprint density at radius 3 is 2.68 bits per heavy atom. The number of ether oxygens (including phenoxy) is 2. The molecule has 3 rings (SSSR count). The smallest absolute Gasteiger partial charge is 0.277 e. The summed E-state index contributed by atoms with van der Waals surface area (Å²) in [4.78, 5) is 19.5. The van der Waals surface area contributed by atoms with Crippen molar-refractivity contribution >= 4 is 11.0 Å². The van der Waals surface area contributed by atoms with Crippen LogP contribution in [0.15, 0.2) is 29.2 Å². The molecular formula is C15H16N4O3. The van der Waals surface area contributed by atoms with Crippen molar-refractivity contribution in [3.8, 4) is 22.9 Å². The molecule has 0 radical (unpaired) electrons. The Kier molecular flexibility index (Phi) is 3.54. The lowest BCUT2D eigenvalue weighted by atomic mass is 10.2. The molecule has 0 fully saturated rings. The summed E-state index contributed by atoms with van der Waals surface area (Å²) in [5.74, 6) is 1.66. The molecule has 1 N–H and O–H groups in total. The van der Waals surface area contributed by atoms with Crippen LogP contribution in [0.5, 0.6) is 11.5 Å². The summed E-state index contributed by atoms with van der Waals surface area (Å²) < 4.78 is 12.1. The minimum atomic E-state index is -0.214. The lowest BCUT2D eigenvalue weighted by Gasteiger charge is -2.09. The van der Waals surface area contributed by atoms with Crippen LogP contribution < -0.4 is 15.0 Å². The van der Waals surface area contributed by atoms with Crippen molar-refractivity contribution in [2.24, 2.45) is 0 Å². The van der Waals surface area contributed by atoms with Crippen molar-refractivity contribution in [1.29, 1.82) is 0 Å². The molecule has 0 saturated carbocycles. The minimum absolute atomic E-state index is 0.214. The molecule has 7 heteroatoms. The van der Waals surface area contributed by atoms with Crippen LogP contribution in [0.1, 0.15) is 6.92 Å². The molecule has 0 aliphatic carbocycles. The zero-order valence-corrected chi connectivity index (χ0v) is 12.6. The van der Waals surface area contributed by atoms with Gasteiger partial charge >= 0.3 is 0 Å². The largest absolute Gasteiger partial charge is 0.493 e. The van der Waals surface area contributed by atoms with E-state index < -0.39 is 0 Å². The number of nitrogens with zero attached hydrogens (tertiary/aromatic N) is 3. The number of aromatic nitrogens is 4. The third-order valence-electron chi connectivity index (χ3n) is 3.46. The zero-order chi connectivity index (χ0) is 15.7. The second-order valence-electron chi connectivity index (χ2n) is 4.68. The quantitative estimate of drug-likeness (QED) is 0.795. The fourth-order valence-electron chi connectivity index (χ4n) is 2.37. The van der Waals surface area contributed by atoms with Gasteiger partial charge in [0.1, 0.15) is 11.3 Å². The molecule has 7 nitrogen and oxygen atoms in total. The Bertz CT molecular complexity index is 882. The molecule has 2 heterocycles. The van der Waals surface area contributed by atoms with Gasteiger partial charge in [0.05, 0.1) is 20.4 Å². The summed E-state index contributed by atoms with van der Waals surface area (Å²) >= 11 is 0. The molecule has 0 saturated heterocycles. The number of aryl methyl sites for hydroxylation is 1. The van der Waals surface area contributed by atoms with Gasteiger partial charge in [0.15, 0.2) is 17.0 Å². The number of methoxy groups -OCH3 is 2. The van der Waals surface area contributed by atoms with Gasteiger partial charge in [0.25, 0.3) is 5.56 Å². The topological polar surface area (TPSA) is 82.0 Å². The Morgan fingerprint density at radius 1 is 1.23 bits per heavy atom. The third-order valence-corrected chi connectivity index (χ3v) is 3.46. The average molecular weight is 300 g/mol. The van der Waals surface area contributed by atoms with Gasteiger partial charge in [-0.1, -0.05) is 0 Å². The first-order valence-electron chi connectivity index (χ1n) is 6.86. The van der Waals surface area contributed by atoms with Crippen LogP contribution in [-0.4, -0.2) is 34.0 Å². The predicted octanol–water partition coefficient (Wildman–Crippen LogP) is 1.82. The normalized spacial score (nSPS) is 10.9. The minimum Gasteiger partial charge on any atom is -0.493 e. The Labute approximate surface area is 126 Å². The standard InChI is InChI=1S/C15H16N4O3/c1-4-19-13-10(8-16-19)17-14(18-15(13)20)9-5-6-11(21-2)12(7-9)22-3/h5-8H,4H2,1-3H3,(H,17,18,20). The predicted molar refractivity (Wildman–Crippen MR) is 82.4 cm³/mol. The van der Waals surface area contributed by atoms with Crippen LogP contribution in [0, 0.1) is 0 Å². The first-order chi connectivity index (χ1) is 10.7. The number of benzene rings is 1. The number of rotatable bonds is 4. The molecular weight excluding hydrogens is 284 g/mol. The van der Waals surface area contributed by atoms with Gasteiger partial charge in [0, 0.05) is 12.1 Å². The van der Waals surface area contributed by atoms with Crippen molar-refractivity contribution in [3.63, 3.8) is 0 Å². The van der Waals surface area contributed by atoms with Crippen molar-refractivity contribution < 1.29 is 9.47 Å². The second-order valence-corrected chi connectivity index (χ2v) is 4.68. The lowest BCUT2D eigenvalue weighted by Crippen LogP contribution is -2.13. The van der Waals surface area contributed by atoms with E-state index in [-0.39, 0.29) is 5.56 Å². The fraction of sp³-hybridized carbons (Fsp3) is 0.267. The van der Waals surface area contributed by atoms with Crippen LogP contribution in [0.3, 0.4) is 0 Å². The highest BCUT2D eigenvalue weighted by Gasteiger charge is 2.12. The van der Waals surface area contributed by atoms with Crippen molar-refractivity contribution in [1.82, 2.24) is 19.7 Å². The number of fused-ring (bicyclic) bond motifs is 1. The van der Waals surface area contributed by atoms with Crippen molar-refractivity contribution in [2.45, 2.75) is 13.5 Å². The maximum absolute atomic E-state index is 12.3. The Morgan fingerprint density at radius 2 is 2.00 bits per heavy atom. The fourth-order valence-corrected chi connectivity index (χ4v) is 2.37. The number of H-pyrrole nitrogens is 1. The first-order valence-corrected chi connectivity index (χ1v) is 6.86. The molecule has 0 spiro atoms. The van der Waals surface area contributed by atoms with Gasteiger partial charge < -0.3 is 14.5 Å². The molecule has 2 aromatic heterocycles. The monoisotopic (exact) mass is 300 g/mol. The van der Waals surface area contributed by atoms with E-state index in [4.69, 9.17) is 9.47 Å². The molecule has 114 valence electrons. The number of hydrogen-bond acceptors (Lipinski definition) is 5. The average Bonchev–Trinajstić information content (AvgIpc) is 2.97. The van der Waals surface area contributed by atoms with E-state index in [1.54, 1.807) is 37.2 Å². The van der Waals surface area contributed by atoms with E-state index in [1.807, 2.05) is 13.0 Å². The highest BCUT2D eigenvalue weighted by atomic mass is 16.5. The zero-order valence-electron chi connectivity index (χ0n) is 12.6. The lowest BCUT2D eigenvalue weighted by molar-refractivity contribution is 0.355. The van der Waals surface area contributed by atoms with Crippen LogP contribution in [0.25, 0.3) is 22.4 Å². The molecule has 0 unspecified atom stereocenters. The maximum atomic E-state index is 12.3. The maximum Gasteiger partial charge on any atom is 0.277 e. The van der Waals surface area contributed by atoms with E-state index in [0.717, 1.165) is 5.56 Å². The SMILES string of the molecule is CCn1ncc2nc(-c3ccc(OC)c(OC)c3)[nH]c(=O)c21. The van der Waals surface area contributed by atoms with Gasteiger partial charge in [-0.3, -0.25) is 9.48 Å². The molecule has 0 aliphatic heterocycles. The van der Waals surface area contributed by atoms with Crippen LogP contribution >= 0.6 is 0 Å². The molecule has 1 aromatic carbocycles. The van der Waals surface area contributed by atoms with Gasteiger partial charge in [-0.2, -0.15) is 5.10 Å². The van der Waals surface area contributed by atoms with Gasteiger partial charge in [-0.05, 0) is 25.1 Å². The van der Waals surface area contributed by atoms with Gasteiger partial charge in [0.2, 0.25) is 0 Å². The number of nitrogens with one attached hydrogen (secondary N) is 1. The summed E-state index contributed by atoms with van der Waals surface area (Å²) in [7, 11) is 3.13. The molecule has 3 aromatic rings. The van der Waals surface area contributed by atoms with Crippen molar-refractivity contribution in [3.05, 3.63) is 34.7 Å². The molecule has 0 aliphatic rings. The van der Waals surface area contributed by atoms with Crippen LogP contribution in [0.4, 0.5) is 0 Å². The van der Waals surface area contributed by atoms with E-state index in [2.05, 4.69) is 15.1 Å². The van der Waals surface area contributed by atoms with E-state index >= 15 is 0 Å². The highest BCUT2D eigenvalue weighted by molar-refractivity contribution is 5.76. The third kappa shape index (κ3) is 2.20.